The molecule has 0 aliphatic carbocycles. The van der Waals surface area contributed by atoms with Gasteiger partial charge in [0.15, 0.2) is 0 Å². The SMILES string of the molecule is CCNC(=O)[C@@H](Cc1ccccc1)N(Cc1cccc(C)c1)C(=O)CCc1ccc(C)cc1. The summed E-state index contributed by atoms with van der Waals surface area (Å²) < 4.78 is 0. The van der Waals surface area contributed by atoms with E-state index >= 15 is 0 Å². The van der Waals surface area contributed by atoms with Crippen LogP contribution in [0.1, 0.15) is 41.2 Å². The maximum absolute atomic E-state index is 13.6. The molecule has 3 rings (SSSR count). The predicted molar refractivity (Wildman–Crippen MR) is 134 cm³/mol. The van der Waals surface area contributed by atoms with E-state index in [9.17, 15) is 9.59 Å². The van der Waals surface area contributed by atoms with E-state index in [2.05, 4.69) is 42.6 Å². The van der Waals surface area contributed by atoms with Crippen LogP contribution in [0.25, 0.3) is 0 Å². The van der Waals surface area contributed by atoms with E-state index in [0.29, 0.717) is 32.4 Å². The molecule has 0 radical (unpaired) electrons. The third-order valence-corrected chi connectivity index (χ3v) is 5.81. The molecule has 4 heteroatoms. The number of amides is 2. The number of aryl methyl sites for hydroxylation is 3. The number of nitrogens with one attached hydrogen (secondary N) is 1. The second kappa shape index (κ2) is 12.0. The van der Waals surface area contributed by atoms with Gasteiger partial charge >= 0.3 is 0 Å². The molecule has 0 spiro atoms. The maximum atomic E-state index is 13.6. The van der Waals surface area contributed by atoms with Gasteiger partial charge in [0, 0.05) is 25.9 Å². The average molecular weight is 443 g/mol. The summed E-state index contributed by atoms with van der Waals surface area (Å²) in [5.74, 6) is -0.123. The monoisotopic (exact) mass is 442 g/mol. The van der Waals surface area contributed by atoms with Crippen molar-refractivity contribution >= 4 is 11.8 Å². The van der Waals surface area contributed by atoms with Gasteiger partial charge in [-0.2, -0.15) is 0 Å². The second-order valence-electron chi connectivity index (χ2n) is 8.60. The number of benzene rings is 3. The highest BCUT2D eigenvalue weighted by Crippen LogP contribution is 2.18. The Morgan fingerprint density at radius 1 is 0.818 bits per heavy atom. The van der Waals surface area contributed by atoms with E-state index in [1.165, 1.54) is 5.56 Å². The van der Waals surface area contributed by atoms with Gasteiger partial charge < -0.3 is 10.2 Å². The van der Waals surface area contributed by atoms with Crippen LogP contribution in [0.15, 0.2) is 78.9 Å². The summed E-state index contributed by atoms with van der Waals surface area (Å²) in [7, 11) is 0. The zero-order chi connectivity index (χ0) is 23.6. The average Bonchev–Trinajstić information content (AvgIpc) is 2.81. The van der Waals surface area contributed by atoms with Crippen LogP contribution >= 0.6 is 0 Å². The van der Waals surface area contributed by atoms with Gasteiger partial charge in [-0.05, 0) is 43.9 Å². The molecule has 3 aromatic carbocycles. The molecule has 0 bridgehead atoms. The number of likely N-dealkylation sites (N-methyl/N-ethyl adjacent to an activating group) is 1. The van der Waals surface area contributed by atoms with Crippen molar-refractivity contribution in [3.05, 3.63) is 107 Å². The fourth-order valence-corrected chi connectivity index (χ4v) is 4.00. The Kier molecular flexibility index (Phi) is 8.82. The van der Waals surface area contributed by atoms with Gasteiger partial charge in [0.25, 0.3) is 0 Å². The van der Waals surface area contributed by atoms with Gasteiger partial charge in [-0.15, -0.1) is 0 Å². The van der Waals surface area contributed by atoms with Crippen LogP contribution in [0, 0.1) is 13.8 Å². The van der Waals surface area contributed by atoms with Gasteiger partial charge in [0.1, 0.15) is 6.04 Å². The van der Waals surface area contributed by atoms with E-state index in [4.69, 9.17) is 0 Å². The predicted octanol–water partition coefficient (Wildman–Crippen LogP) is 5.01. The third-order valence-electron chi connectivity index (χ3n) is 5.81. The fraction of sp³-hybridized carbons (Fsp3) is 0.310. The summed E-state index contributed by atoms with van der Waals surface area (Å²) in [6, 6.07) is 25.7. The first-order chi connectivity index (χ1) is 16.0. The molecule has 1 N–H and O–H groups in total. The van der Waals surface area contributed by atoms with Crippen molar-refractivity contribution in [2.24, 2.45) is 0 Å². The first kappa shape index (κ1) is 24.2. The van der Waals surface area contributed by atoms with Gasteiger partial charge in [-0.25, -0.2) is 0 Å². The van der Waals surface area contributed by atoms with Crippen molar-refractivity contribution in [3.63, 3.8) is 0 Å². The molecule has 0 aromatic heterocycles. The minimum atomic E-state index is -0.571. The molecule has 2 amide bonds. The Bertz CT molecular complexity index is 1040. The smallest absolute Gasteiger partial charge is 0.243 e. The summed E-state index contributed by atoms with van der Waals surface area (Å²) in [5, 5.41) is 2.95. The molecule has 1 atom stereocenters. The maximum Gasteiger partial charge on any atom is 0.243 e. The van der Waals surface area contributed by atoms with Crippen molar-refractivity contribution in [2.45, 2.75) is 52.6 Å². The first-order valence-corrected chi connectivity index (χ1v) is 11.7. The lowest BCUT2D eigenvalue weighted by atomic mass is 10.0. The molecule has 0 heterocycles. The molecule has 4 nitrogen and oxygen atoms in total. The molecule has 0 unspecified atom stereocenters. The second-order valence-corrected chi connectivity index (χ2v) is 8.60. The van der Waals surface area contributed by atoms with E-state index in [1.54, 1.807) is 4.90 Å². The Balaban J connectivity index is 1.88. The molecule has 3 aromatic rings. The van der Waals surface area contributed by atoms with Gasteiger partial charge in [-0.3, -0.25) is 9.59 Å². The van der Waals surface area contributed by atoms with Crippen LogP contribution in [0.3, 0.4) is 0 Å². The summed E-state index contributed by atoms with van der Waals surface area (Å²) in [5.41, 5.74) is 5.53. The molecule has 0 fully saturated rings. The highest BCUT2D eigenvalue weighted by atomic mass is 16.2. The molecule has 0 aliphatic rings. The van der Waals surface area contributed by atoms with Crippen LogP contribution in [0.2, 0.25) is 0 Å². The van der Waals surface area contributed by atoms with Gasteiger partial charge in [-0.1, -0.05) is 90.0 Å². The van der Waals surface area contributed by atoms with Crippen LogP contribution in [0.4, 0.5) is 0 Å². The molecular formula is C29H34N2O2. The summed E-state index contributed by atoms with van der Waals surface area (Å²) in [6.07, 6.45) is 1.49. The first-order valence-electron chi connectivity index (χ1n) is 11.7. The highest BCUT2D eigenvalue weighted by molar-refractivity contribution is 5.88. The normalized spacial score (nSPS) is 11.6. The Labute approximate surface area is 197 Å². The van der Waals surface area contributed by atoms with Crippen molar-refractivity contribution in [1.82, 2.24) is 10.2 Å². The van der Waals surface area contributed by atoms with Crippen LogP contribution in [-0.2, 0) is 29.0 Å². The number of carbonyl (C=O) groups is 2. The van der Waals surface area contributed by atoms with E-state index < -0.39 is 6.04 Å². The molecular weight excluding hydrogens is 408 g/mol. The zero-order valence-corrected chi connectivity index (χ0v) is 19.9. The number of hydrogen-bond acceptors (Lipinski definition) is 2. The molecule has 172 valence electrons. The van der Waals surface area contributed by atoms with Crippen molar-refractivity contribution in [1.29, 1.82) is 0 Å². The fourth-order valence-electron chi connectivity index (χ4n) is 4.00. The standard InChI is InChI=1S/C29H34N2O2/c1-4-30-29(33)27(20-25-10-6-5-7-11-25)31(21-26-12-8-9-23(3)19-26)28(32)18-17-24-15-13-22(2)14-16-24/h5-16,19,27H,4,17-18,20-21H2,1-3H3,(H,30,33)/t27-/m1/s1. The minimum absolute atomic E-state index is 0.00994. The Hall–Kier alpha value is -3.40. The summed E-state index contributed by atoms with van der Waals surface area (Å²) in [6.45, 7) is 6.93. The largest absolute Gasteiger partial charge is 0.355 e. The number of hydrogen-bond donors (Lipinski definition) is 1. The number of rotatable bonds is 10. The van der Waals surface area contributed by atoms with Crippen molar-refractivity contribution in [3.8, 4) is 0 Å². The lowest BCUT2D eigenvalue weighted by Crippen LogP contribution is -2.50. The Morgan fingerprint density at radius 3 is 2.18 bits per heavy atom. The molecule has 0 saturated heterocycles. The Morgan fingerprint density at radius 2 is 1.52 bits per heavy atom. The topological polar surface area (TPSA) is 49.4 Å². The zero-order valence-electron chi connectivity index (χ0n) is 19.9. The quantitative estimate of drug-likeness (QED) is 0.480. The van der Waals surface area contributed by atoms with E-state index in [0.717, 1.165) is 22.3 Å². The molecule has 33 heavy (non-hydrogen) atoms. The lowest BCUT2D eigenvalue weighted by molar-refractivity contribution is -0.141. The van der Waals surface area contributed by atoms with Crippen molar-refractivity contribution in [2.75, 3.05) is 6.54 Å². The summed E-state index contributed by atoms with van der Waals surface area (Å²) in [4.78, 5) is 28.5. The van der Waals surface area contributed by atoms with Crippen LogP contribution in [0.5, 0.6) is 0 Å². The van der Waals surface area contributed by atoms with E-state index in [-0.39, 0.29) is 11.8 Å². The van der Waals surface area contributed by atoms with Crippen LogP contribution < -0.4 is 5.32 Å². The summed E-state index contributed by atoms with van der Waals surface area (Å²) >= 11 is 0. The lowest BCUT2D eigenvalue weighted by Gasteiger charge is -2.31. The molecule has 0 aliphatic heterocycles. The number of nitrogens with zero attached hydrogens (tertiary/aromatic N) is 1. The van der Waals surface area contributed by atoms with Gasteiger partial charge in [0.05, 0.1) is 0 Å². The molecule has 0 saturated carbocycles. The number of carbonyl (C=O) groups excluding carboxylic acids is 2. The van der Waals surface area contributed by atoms with Gasteiger partial charge in [0.2, 0.25) is 11.8 Å². The third kappa shape index (κ3) is 7.31. The minimum Gasteiger partial charge on any atom is -0.355 e. The van der Waals surface area contributed by atoms with Crippen LogP contribution in [-0.4, -0.2) is 29.3 Å². The van der Waals surface area contributed by atoms with E-state index in [1.807, 2.05) is 62.4 Å². The highest BCUT2D eigenvalue weighted by Gasteiger charge is 2.29. The van der Waals surface area contributed by atoms with Crippen molar-refractivity contribution < 1.29 is 9.59 Å².